The predicted octanol–water partition coefficient (Wildman–Crippen LogP) is 2.43. The predicted molar refractivity (Wildman–Crippen MR) is 91.0 cm³/mol. The lowest BCUT2D eigenvalue weighted by Gasteiger charge is -2.12. The summed E-state index contributed by atoms with van der Waals surface area (Å²) in [5, 5.41) is 15.1. The first-order chi connectivity index (χ1) is 11.0. The second kappa shape index (κ2) is 8.10. The monoisotopic (exact) mass is 333 g/mol. The number of hydrogen-bond donors (Lipinski definition) is 1. The molecule has 0 radical (unpaired) electrons. The molecule has 0 unspecified atom stereocenters. The molecule has 1 heterocycles. The highest BCUT2D eigenvalue weighted by molar-refractivity contribution is 8.00. The number of carbonyl (C=O) groups is 1. The maximum Gasteiger partial charge on any atom is 0.233 e. The van der Waals surface area contributed by atoms with E-state index in [0.29, 0.717) is 17.6 Å². The Balaban J connectivity index is 1.87. The summed E-state index contributed by atoms with van der Waals surface area (Å²) >= 11 is 1.38. The fraction of sp³-hybridized carbons (Fsp3) is 0.500. The van der Waals surface area contributed by atoms with E-state index in [1.807, 2.05) is 38.1 Å². The highest BCUT2D eigenvalue weighted by atomic mass is 32.2. The van der Waals surface area contributed by atoms with Gasteiger partial charge in [0.15, 0.2) is 0 Å². The molecule has 0 fully saturated rings. The first-order valence-electron chi connectivity index (χ1n) is 7.71. The standard InChI is InChI=1S/C16H23N5OS/c1-11(2)10-21-16(18-19-20-21)23-13(4)15(22)17-9-14-7-5-12(3)6-8-14/h5-8,11,13H,9-10H2,1-4H3,(H,17,22)/t13-/m0/s1. The molecule has 1 N–H and O–H groups in total. The van der Waals surface area contributed by atoms with Crippen LogP contribution in [0, 0.1) is 12.8 Å². The lowest BCUT2D eigenvalue weighted by Crippen LogP contribution is -2.30. The van der Waals surface area contributed by atoms with Crippen LogP contribution in [0.1, 0.15) is 31.9 Å². The van der Waals surface area contributed by atoms with Gasteiger partial charge in [0.25, 0.3) is 0 Å². The second-order valence-electron chi connectivity index (χ2n) is 6.00. The molecule has 0 saturated carbocycles. The molecular weight excluding hydrogens is 310 g/mol. The van der Waals surface area contributed by atoms with Crippen LogP contribution in [0.2, 0.25) is 0 Å². The van der Waals surface area contributed by atoms with Crippen molar-refractivity contribution in [1.82, 2.24) is 25.5 Å². The highest BCUT2D eigenvalue weighted by Crippen LogP contribution is 2.21. The van der Waals surface area contributed by atoms with Gasteiger partial charge in [-0.3, -0.25) is 4.79 Å². The van der Waals surface area contributed by atoms with Crippen LogP contribution in [0.15, 0.2) is 29.4 Å². The molecule has 1 atom stereocenters. The van der Waals surface area contributed by atoms with E-state index in [2.05, 4.69) is 34.7 Å². The lowest BCUT2D eigenvalue weighted by molar-refractivity contribution is -0.120. The van der Waals surface area contributed by atoms with E-state index in [-0.39, 0.29) is 11.2 Å². The molecular formula is C16H23N5OS. The molecule has 1 amide bonds. The Morgan fingerprint density at radius 1 is 1.26 bits per heavy atom. The van der Waals surface area contributed by atoms with E-state index in [4.69, 9.17) is 0 Å². The summed E-state index contributed by atoms with van der Waals surface area (Å²) in [5.74, 6) is 0.429. The number of aryl methyl sites for hydroxylation is 1. The van der Waals surface area contributed by atoms with E-state index in [1.165, 1.54) is 17.3 Å². The molecule has 1 aromatic carbocycles. The maximum atomic E-state index is 12.2. The second-order valence-corrected chi connectivity index (χ2v) is 7.31. The van der Waals surface area contributed by atoms with Gasteiger partial charge in [-0.1, -0.05) is 55.4 Å². The van der Waals surface area contributed by atoms with Crippen molar-refractivity contribution < 1.29 is 4.79 Å². The molecule has 0 bridgehead atoms. The Kier molecular flexibility index (Phi) is 6.15. The van der Waals surface area contributed by atoms with Crippen LogP contribution < -0.4 is 5.32 Å². The first-order valence-corrected chi connectivity index (χ1v) is 8.59. The van der Waals surface area contributed by atoms with Gasteiger partial charge in [0.05, 0.1) is 5.25 Å². The summed E-state index contributed by atoms with van der Waals surface area (Å²) < 4.78 is 1.75. The SMILES string of the molecule is Cc1ccc(CNC(=O)[C@H](C)Sc2nnnn2CC(C)C)cc1. The average molecular weight is 333 g/mol. The molecule has 7 heteroatoms. The van der Waals surface area contributed by atoms with Crippen molar-refractivity contribution in [2.45, 2.75) is 51.2 Å². The minimum Gasteiger partial charge on any atom is -0.351 e. The van der Waals surface area contributed by atoms with Crippen LogP contribution in [0.5, 0.6) is 0 Å². The van der Waals surface area contributed by atoms with Crippen molar-refractivity contribution in [3.8, 4) is 0 Å². The van der Waals surface area contributed by atoms with E-state index in [0.717, 1.165) is 12.1 Å². The summed E-state index contributed by atoms with van der Waals surface area (Å²) in [6.45, 7) is 9.39. The Hall–Kier alpha value is -1.89. The van der Waals surface area contributed by atoms with Crippen LogP contribution in [0.25, 0.3) is 0 Å². The van der Waals surface area contributed by atoms with Gasteiger partial charge >= 0.3 is 0 Å². The van der Waals surface area contributed by atoms with Gasteiger partial charge in [-0.25, -0.2) is 4.68 Å². The third kappa shape index (κ3) is 5.35. The quantitative estimate of drug-likeness (QED) is 0.788. The van der Waals surface area contributed by atoms with E-state index in [1.54, 1.807) is 4.68 Å². The minimum absolute atomic E-state index is 0.0188. The number of nitrogens with zero attached hydrogens (tertiary/aromatic N) is 4. The van der Waals surface area contributed by atoms with Crippen molar-refractivity contribution in [2.75, 3.05) is 0 Å². The Labute approximate surface area is 141 Å². The molecule has 0 spiro atoms. The molecule has 124 valence electrons. The van der Waals surface area contributed by atoms with Crippen molar-refractivity contribution in [3.63, 3.8) is 0 Å². The number of tetrazole rings is 1. The minimum atomic E-state index is -0.252. The van der Waals surface area contributed by atoms with E-state index in [9.17, 15) is 4.79 Å². The largest absolute Gasteiger partial charge is 0.351 e. The molecule has 2 aromatic rings. The normalized spacial score (nSPS) is 12.4. The number of amides is 1. The van der Waals surface area contributed by atoms with Crippen molar-refractivity contribution in [2.24, 2.45) is 5.92 Å². The molecule has 0 saturated heterocycles. The van der Waals surface area contributed by atoms with E-state index >= 15 is 0 Å². The van der Waals surface area contributed by atoms with Crippen LogP contribution in [0.3, 0.4) is 0 Å². The van der Waals surface area contributed by atoms with Crippen molar-refractivity contribution in [1.29, 1.82) is 0 Å². The van der Waals surface area contributed by atoms with Gasteiger partial charge in [-0.2, -0.15) is 0 Å². The van der Waals surface area contributed by atoms with Gasteiger partial charge < -0.3 is 5.32 Å². The zero-order valence-corrected chi connectivity index (χ0v) is 14.8. The Bertz CT molecular complexity index is 638. The first kappa shape index (κ1) is 17.5. The van der Waals surface area contributed by atoms with Gasteiger partial charge in [-0.15, -0.1) is 5.10 Å². The number of nitrogens with one attached hydrogen (secondary N) is 1. The molecule has 0 aliphatic heterocycles. The van der Waals surface area contributed by atoms with Gasteiger partial charge in [0, 0.05) is 13.1 Å². The Morgan fingerprint density at radius 2 is 1.96 bits per heavy atom. The highest BCUT2D eigenvalue weighted by Gasteiger charge is 2.18. The molecule has 1 aromatic heterocycles. The summed E-state index contributed by atoms with van der Waals surface area (Å²) in [6, 6.07) is 8.13. The van der Waals surface area contributed by atoms with Gasteiger partial charge in [0.1, 0.15) is 0 Å². The molecule has 2 rings (SSSR count). The van der Waals surface area contributed by atoms with Gasteiger partial charge in [0.2, 0.25) is 11.1 Å². The van der Waals surface area contributed by atoms with Gasteiger partial charge in [-0.05, 0) is 35.8 Å². The fourth-order valence-corrected chi connectivity index (χ4v) is 2.81. The summed E-state index contributed by atoms with van der Waals surface area (Å²) in [6.07, 6.45) is 0. The summed E-state index contributed by atoms with van der Waals surface area (Å²) in [7, 11) is 0. The Morgan fingerprint density at radius 3 is 2.61 bits per heavy atom. The number of hydrogen-bond acceptors (Lipinski definition) is 5. The summed E-state index contributed by atoms with van der Waals surface area (Å²) in [4.78, 5) is 12.2. The number of carbonyl (C=O) groups excluding carboxylic acids is 1. The maximum absolute atomic E-state index is 12.2. The number of thioether (sulfide) groups is 1. The number of rotatable bonds is 7. The van der Waals surface area contributed by atoms with Crippen LogP contribution >= 0.6 is 11.8 Å². The number of aromatic nitrogens is 4. The van der Waals surface area contributed by atoms with Crippen molar-refractivity contribution >= 4 is 17.7 Å². The molecule has 0 aliphatic carbocycles. The van der Waals surface area contributed by atoms with E-state index < -0.39 is 0 Å². The average Bonchev–Trinajstić information content (AvgIpc) is 2.92. The molecule has 23 heavy (non-hydrogen) atoms. The molecule has 0 aliphatic rings. The molecule has 6 nitrogen and oxygen atoms in total. The fourth-order valence-electron chi connectivity index (χ4n) is 1.99. The smallest absolute Gasteiger partial charge is 0.233 e. The third-order valence-corrected chi connectivity index (χ3v) is 4.35. The van der Waals surface area contributed by atoms with Crippen LogP contribution in [0.4, 0.5) is 0 Å². The topological polar surface area (TPSA) is 72.7 Å². The third-order valence-electron chi connectivity index (χ3n) is 3.28. The van der Waals surface area contributed by atoms with Crippen LogP contribution in [-0.2, 0) is 17.9 Å². The zero-order chi connectivity index (χ0) is 16.8. The van der Waals surface area contributed by atoms with Crippen LogP contribution in [-0.4, -0.2) is 31.4 Å². The lowest BCUT2D eigenvalue weighted by atomic mass is 10.1. The van der Waals surface area contributed by atoms with Crippen molar-refractivity contribution in [3.05, 3.63) is 35.4 Å². The number of benzene rings is 1. The zero-order valence-electron chi connectivity index (χ0n) is 14.0. The summed E-state index contributed by atoms with van der Waals surface area (Å²) in [5.41, 5.74) is 2.30.